The zero-order valence-corrected chi connectivity index (χ0v) is 22.2. The van der Waals surface area contributed by atoms with Crippen LogP contribution < -0.4 is 4.74 Å². The third kappa shape index (κ3) is 6.06. The van der Waals surface area contributed by atoms with Gasteiger partial charge in [0.1, 0.15) is 13.2 Å². The Hall–Kier alpha value is -1.79. The van der Waals surface area contributed by atoms with Crippen LogP contribution in [0.25, 0.3) is 6.08 Å². The number of benzene rings is 2. The van der Waals surface area contributed by atoms with Crippen molar-refractivity contribution in [3.8, 4) is 5.75 Å². The van der Waals surface area contributed by atoms with Gasteiger partial charge in [-0.3, -0.25) is 19.3 Å². The van der Waals surface area contributed by atoms with Gasteiger partial charge in [-0.15, -0.1) is 0 Å². The van der Waals surface area contributed by atoms with Gasteiger partial charge < -0.3 is 14.4 Å². The number of morpholine rings is 1. The summed E-state index contributed by atoms with van der Waals surface area (Å²) in [7, 11) is 0. The zero-order valence-electron chi connectivity index (χ0n) is 17.8. The predicted octanol–water partition coefficient (Wildman–Crippen LogP) is 5.07. The first-order valence-corrected chi connectivity index (χ1v) is 12.9. The molecule has 2 aliphatic rings. The van der Waals surface area contributed by atoms with E-state index in [4.69, 9.17) is 32.7 Å². The van der Waals surface area contributed by atoms with Crippen molar-refractivity contribution in [2.24, 2.45) is 0 Å². The van der Waals surface area contributed by atoms with E-state index in [-0.39, 0.29) is 27.4 Å². The number of hydrogen-bond acceptors (Lipinski definition) is 6. The Bertz CT molecular complexity index is 1130. The summed E-state index contributed by atoms with van der Waals surface area (Å²) in [5.41, 5.74) is 1.51. The third-order valence-electron chi connectivity index (χ3n) is 5.15. The van der Waals surface area contributed by atoms with Gasteiger partial charge in [0, 0.05) is 16.7 Å². The number of hydrogen-bond donors (Lipinski definition) is 0. The third-order valence-corrected chi connectivity index (χ3v) is 7.33. The number of amides is 3. The van der Waals surface area contributed by atoms with Crippen LogP contribution in [0.3, 0.4) is 0 Å². The molecular formula is C23H19Cl2IN2O5S. The van der Waals surface area contributed by atoms with Crippen LogP contribution in [0.5, 0.6) is 5.75 Å². The standard InChI is InChI=1S/C23H19Cl2IN2O5S/c24-17-9-15(10-18(25)21(17)33-13-14-1-3-16(26)4-2-14)11-19-22(30)28(23(31)34-19)12-20(29)27-5-7-32-8-6-27/h1-4,9-11H,5-8,12-13H2/b19-11+. The lowest BCUT2D eigenvalue weighted by Gasteiger charge is -2.28. The molecule has 0 spiro atoms. The summed E-state index contributed by atoms with van der Waals surface area (Å²) in [6, 6.07) is 11.1. The fourth-order valence-corrected chi connectivity index (χ4v) is 5.18. The lowest BCUT2D eigenvalue weighted by Crippen LogP contribution is -2.46. The number of nitrogens with zero attached hydrogens (tertiary/aromatic N) is 2. The van der Waals surface area contributed by atoms with Crippen molar-refractivity contribution in [1.29, 1.82) is 0 Å². The molecule has 2 heterocycles. The van der Waals surface area contributed by atoms with E-state index in [0.29, 0.717) is 44.2 Å². The highest BCUT2D eigenvalue weighted by Gasteiger charge is 2.37. The maximum absolute atomic E-state index is 12.8. The smallest absolute Gasteiger partial charge is 0.294 e. The van der Waals surface area contributed by atoms with Crippen LogP contribution >= 0.6 is 57.6 Å². The summed E-state index contributed by atoms with van der Waals surface area (Å²) < 4.78 is 12.2. The number of carbonyl (C=O) groups is 3. The highest BCUT2D eigenvalue weighted by Crippen LogP contribution is 2.37. The maximum atomic E-state index is 12.8. The minimum Gasteiger partial charge on any atom is -0.486 e. The average molecular weight is 633 g/mol. The van der Waals surface area contributed by atoms with Gasteiger partial charge in [0.2, 0.25) is 5.91 Å². The molecule has 0 bridgehead atoms. The summed E-state index contributed by atoms with van der Waals surface area (Å²) in [6.07, 6.45) is 1.53. The van der Waals surface area contributed by atoms with Crippen molar-refractivity contribution in [3.05, 3.63) is 66.0 Å². The Morgan fingerprint density at radius 2 is 1.76 bits per heavy atom. The summed E-state index contributed by atoms with van der Waals surface area (Å²) in [4.78, 5) is 40.4. The molecule has 2 aromatic rings. The molecule has 0 aromatic heterocycles. The molecule has 178 valence electrons. The van der Waals surface area contributed by atoms with Crippen LogP contribution in [-0.2, 0) is 20.9 Å². The number of rotatable bonds is 6. The molecule has 4 rings (SSSR count). The normalized spacial score (nSPS) is 17.6. The van der Waals surface area contributed by atoms with Crippen LogP contribution in [0.4, 0.5) is 4.79 Å². The Kier molecular flexibility index (Phi) is 8.41. The molecule has 0 saturated carbocycles. The van der Waals surface area contributed by atoms with Crippen molar-refractivity contribution >= 4 is 80.7 Å². The van der Waals surface area contributed by atoms with Gasteiger partial charge in [0.05, 0.1) is 28.2 Å². The van der Waals surface area contributed by atoms with E-state index in [1.54, 1.807) is 17.0 Å². The van der Waals surface area contributed by atoms with Crippen molar-refractivity contribution in [2.75, 3.05) is 32.8 Å². The molecule has 2 aliphatic heterocycles. The summed E-state index contributed by atoms with van der Waals surface area (Å²) in [5, 5.41) is 0.0736. The van der Waals surface area contributed by atoms with Crippen molar-refractivity contribution in [1.82, 2.24) is 9.80 Å². The number of ether oxygens (including phenoxy) is 2. The number of halogens is 3. The first-order valence-electron chi connectivity index (χ1n) is 10.3. The second-order valence-electron chi connectivity index (χ2n) is 7.49. The minimum absolute atomic E-state index is 0.194. The number of carbonyl (C=O) groups excluding carboxylic acids is 3. The van der Waals surface area contributed by atoms with Crippen molar-refractivity contribution < 1.29 is 23.9 Å². The molecule has 2 fully saturated rings. The predicted molar refractivity (Wildman–Crippen MR) is 140 cm³/mol. The number of thioether (sulfide) groups is 1. The Morgan fingerprint density at radius 1 is 1.12 bits per heavy atom. The molecule has 3 amide bonds. The monoisotopic (exact) mass is 632 g/mol. The Labute approximate surface area is 224 Å². The van der Waals surface area contributed by atoms with Gasteiger partial charge in [0.25, 0.3) is 11.1 Å². The van der Waals surface area contributed by atoms with Crippen molar-refractivity contribution in [3.63, 3.8) is 0 Å². The van der Waals surface area contributed by atoms with Gasteiger partial charge in [-0.25, -0.2) is 0 Å². The van der Waals surface area contributed by atoms with Crippen LogP contribution in [0.2, 0.25) is 10.0 Å². The first kappa shape index (κ1) is 25.3. The first-order chi connectivity index (χ1) is 16.3. The molecule has 0 radical (unpaired) electrons. The molecule has 0 aliphatic carbocycles. The quantitative estimate of drug-likeness (QED) is 0.327. The highest BCUT2D eigenvalue weighted by molar-refractivity contribution is 14.1. The van der Waals surface area contributed by atoms with E-state index in [0.717, 1.165) is 25.8 Å². The second kappa shape index (κ2) is 11.3. The van der Waals surface area contributed by atoms with E-state index in [2.05, 4.69) is 22.6 Å². The SMILES string of the molecule is O=C(CN1C(=O)S/C(=C/c2cc(Cl)c(OCc3ccc(I)cc3)c(Cl)c2)C1=O)N1CCOCC1. The minimum atomic E-state index is -0.525. The molecule has 7 nitrogen and oxygen atoms in total. The molecule has 34 heavy (non-hydrogen) atoms. The fraction of sp³-hybridized carbons (Fsp3) is 0.261. The van der Waals surface area contributed by atoms with Crippen LogP contribution in [0, 0.1) is 3.57 Å². The summed E-state index contributed by atoms with van der Waals surface area (Å²) >= 11 is 15.8. The van der Waals surface area contributed by atoms with Crippen molar-refractivity contribution in [2.45, 2.75) is 6.61 Å². The summed E-state index contributed by atoms with van der Waals surface area (Å²) in [5.74, 6) is -0.473. The second-order valence-corrected chi connectivity index (χ2v) is 10.5. The average Bonchev–Trinajstić information content (AvgIpc) is 3.07. The Morgan fingerprint density at radius 3 is 2.41 bits per heavy atom. The highest BCUT2D eigenvalue weighted by atomic mass is 127. The number of imide groups is 1. The van der Waals surface area contributed by atoms with Gasteiger partial charge in [-0.2, -0.15) is 0 Å². The molecule has 0 unspecified atom stereocenters. The van der Waals surface area contributed by atoms with Crippen LogP contribution in [0.15, 0.2) is 41.3 Å². The fourth-order valence-electron chi connectivity index (χ4n) is 3.37. The Balaban J connectivity index is 1.44. The maximum Gasteiger partial charge on any atom is 0.294 e. The largest absolute Gasteiger partial charge is 0.486 e. The van der Waals surface area contributed by atoms with Gasteiger partial charge in [0.15, 0.2) is 5.75 Å². The lowest BCUT2D eigenvalue weighted by atomic mass is 10.2. The van der Waals surface area contributed by atoms with E-state index in [1.807, 2.05) is 24.3 Å². The van der Waals surface area contributed by atoms with Crippen LogP contribution in [0.1, 0.15) is 11.1 Å². The molecule has 0 N–H and O–H groups in total. The molecular weight excluding hydrogens is 614 g/mol. The topological polar surface area (TPSA) is 76.2 Å². The van der Waals surface area contributed by atoms with E-state index in [9.17, 15) is 14.4 Å². The van der Waals surface area contributed by atoms with Crippen LogP contribution in [-0.4, -0.2) is 59.7 Å². The zero-order chi connectivity index (χ0) is 24.2. The lowest BCUT2D eigenvalue weighted by molar-refractivity contribution is -0.139. The van der Waals surface area contributed by atoms with E-state index >= 15 is 0 Å². The summed E-state index contributed by atoms with van der Waals surface area (Å²) in [6.45, 7) is 1.78. The van der Waals surface area contributed by atoms with E-state index in [1.165, 1.54) is 6.08 Å². The van der Waals surface area contributed by atoms with E-state index < -0.39 is 11.1 Å². The molecule has 11 heteroatoms. The van der Waals surface area contributed by atoms with Gasteiger partial charge in [-0.05, 0) is 75.8 Å². The molecule has 2 saturated heterocycles. The molecule has 0 atom stereocenters. The van der Waals surface area contributed by atoms with Gasteiger partial charge >= 0.3 is 0 Å². The van der Waals surface area contributed by atoms with Gasteiger partial charge in [-0.1, -0.05) is 35.3 Å². The molecule has 2 aromatic carbocycles.